The van der Waals surface area contributed by atoms with Crippen molar-refractivity contribution in [3.05, 3.63) is 29.8 Å². The van der Waals surface area contributed by atoms with Crippen LogP contribution in [0.25, 0.3) is 0 Å². The number of nitrogens with two attached hydrogens (primary N) is 1. The van der Waals surface area contributed by atoms with Crippen LogP contribution in [0.15, 0.2) is 24.3 Å². The minimum atomic E-state index is -4.33. The maximum absolute atomic E-state index is 12.5. The van der Waals surface area contributed by atoms with Crippen LogP contribution < -0.4 is 10.5 Å². The van der Waals surface area contributed by atoms with Crippen molar-refractivity contribution in [1.29, 1.82) is 0 Å². The van der Waals surface area contributed by atoms with E-state index in [1.165, 1.54) is 12.1 Å². The van der Waals surface area contributed by atoms with E-state index >= 15 is 0 Å². The van der Waals surface area contributed by atoms with Crippen LogP contribution in [-0.4, -0.2) is 12.1 Å². The number of rotatable bonds is 4. The Balaban J connectivity index is 2.90. The van der Waals surface area contributed by atoms with E-state index in [0.717, 1.165) is 18.6 Å². The van der Waals surface area contributed by atoms with Crippen molar-refractivity contribution >= 4 is 0 Å². The number of hydrogen-bond donors (Lipinski definition) is 1. The normalized spacial score (nSPS) is 15.8. The lowest BCUT2D eigenvalue weighted by atomic mass is 9.84. The number of halogens is 3. The van der Waals surface area contributed by atoms with E-state index < -0.39 is 11.7 Å². The van der Waals surface area contributed by atoms with E-state index in [1.807, 2.05) is 27.7 Å². The molecule has 0 radical (unpaired) electrons. The van der Waals surface area contributed by atoms with E-state index in [2.05, 4.69) is 0 Å². The van der Waals surface area contributed by atoms with Gasteiger partial charge in [-0.2, -0.15) is 13.2 Å². The van der Waals surface area contributed by atoms with Gasteiger partial charge in [0, 0.05) is 11.5 Å². The lowest BCUT2D eigenvalue weighted by Crippen LogP contribution is -2.47. The Morgan fingerprint density at radius 1 is 1.10 bits per heavy atom. The molecule has 5 heteroatoms. The molecular formula is C15H22F3NO. The third-order valence-electron chi connectivity index (χ3n) is 3.16. The first kappa shape index (κ1) is 16.8. The smallest absolute Gasteiger partial charge is 0.416 e. The summed E-state index contributed by atoms with van der Waals surface area (Å²) >= 11 is 0. The molecule has 0 aliphatic rings. The first-order valence-electron chi connectivity index (χ1n) is 6.65. The third kappa shape index (κ3) is 4.40. The van der Waals surface area contributed by atoms with Crippen molar-refractivity contribution in [3.8, 4) is 5.75 Å². The molecule has 1 aromatic carbocycles. The van der Waals surface area contributed by atoms with Gasteiger partial charge in [0.1, 0.15) is 11.9 Å². The van der Waals surface area contributed by atoms with Gasteiger partial charge in [-0.1, -0.05) is 27.7 Å². The van der Waals surface area contributed by atoms with Crippen LogP contribution in [0.4, 0.5) is 13.2 Å². The third-order valence-corrected chi connectivity index (χ3v) is 3.16. The summed E-state index contributed by atoms with van der Waals surface area (Å²) < 4.78 is 43.3. The maximum atomic E-state index is 12.5. The van der Waals surface area contributed by atoms with Crippen LogP contribution in [0.5, 0.6) is 5.75 Å². The lowest BCUT2D eigenvalue weighted by Gasteiger charge is -2.35. The molecule has 0 aliphatic carbocycles. The summed E-state index contributed by atoms with van der Waals surface area (Å²) in [7, 11) is 0. The summed E-state index contributed by atoms with van der Waals surface area (Å²) in [5.74, 6) is 0.404. The Kier molecular flexibility index (Phi) is 5.08. The molecule has 0 amide bonds. The van der Waals surface area contributed by atoms with Gasteiger partial charge in [-0.05, 0) is 30.7 Å². The number of benzene rings is 1. The highest BCUT2D eigenvalue weighted by Gasteiger charge is 2.32. The minimum Gasteiger partial charge on any atom is -0.488 e. The highest BCUT2D eigenvalue weighted by molar-refractivity contribution is 5.29. The standard InChI is InChI=1S/C15H22F3NO/c1-5-12(19)13(14(2,3)4)20-11-8-6-10(7-9-11)15(16,17)18/h6-9,12-13H,5,19H2,1-4H3. The average Bonchev–Trinajstić information content (AvgIpc) is 2.33. The van der Waals surface area contributed by atoms with E-state index in [-0.39, 0.29) is 17.6 Å². The summed E-state index contributed by atoms with van der Waals surface area (Å²) in [5.41, 5.74) is 5.17. The van der Waals surface area contributed by atoms with Crippen LogP contribution in [0.2, 0.25) is 0 Å². The molecule has 0 saturated carbocycles. The fourth-order valence-corrected chi connectivity index (χ4v) is 1.99. The van der Waals surface area contributed by atoms with Gasteiger partial charge >= 0.3 is 6.18 Å². The number of hydrogen-bond acceptors (Lipinski definition) is 2. The van der Waals surface area contributed by atoms with Gasteiger partial charge in [0.2, 0.25) is 0 Å². The highest BCUT2D eigenvalue weighted by atomic mass is 19.4. The van der Waals surface area contributed by atoms with Crippen molar-refractivity contribution in [2.24, 2.45) is 11.1 Å². The zero-order chi connectivity index (χ0) is 15.6. The summed E-state index contributed by atoms with van der Waals surface area (Å²) in [4.78, 5) is 0. The molecule has 0 saturated heterocycles. The SMILES string of the molecule is CCC(N)C(Oc1ccc(C(F)(F)F)cc1)C(C)(C)C. The Morgan fingerprint density at radius 2 is 1.60 bits per heavy atom. The number of alkyl halides is 3. The molecule has 114 valence electrons. The molecule has 2 nitrogen and oxygen atoms in total. The molecule has 0 fully saturated rings. The highest BCUT2D eigenvalue weighted by Crippen LogP contribution is 2.32. The van der Waals surface area contributed by atoms with Gasteiger partial charge in [0.25, 0.3) is 0 Å². The minimum absolute atomic E-state index is 0.169. The quantitative estimate of drug-likeness (QED) is 0.900. The van der Waals surface area contributed by atoms with Crippen LogP contribution in [-0.2, 0) is 6.18 Å². The zero-order valence-corrected chi connectivity index (χ0v) is 12.3. The zero-order valence-electron chi connectivity index (χ0n) is 12.3. The molecule has 0 aromatic heterocycles. The number of ether oxygens (including phenoxy) is 1. The first-order chi connectivity index (χ1) is 9.05. The molecule has 2 N–H and O–H groups in total. The summed E-state index contributed by atoms with van der Waals surface area (Å²) in [5, 5.41) is 0. The molecule has 1 aromatic rings. The van der Waals surface area contributed by atoms with Crippen LogP contribution in [0, 0.1) is 5.41 Å². The molecular weight excluding hydrogens is 267 g/mol. The molecule has 0 aliphatic heterocycles. The van der Waals surface area contributed by atoms with Gasteiger partial charge in [-0.25, -0.2) is 0 Å². The van der Waals surface area contributed by atoms with Crippen molar-refractivity contribution in [2.45, 2.75) is 52.4 Å². The van der Waals surface area contributed by atoms with Gasteiger partial charge < -0.3 is 10.5 Å². The average molecular weight is 289 g/mol. The second kappa shape index (κ2) is 6.04. The van der Waals surface area contributed by atoms with Gasteiger partial charge in [0.15, 0.2) is 0 Å². The van der Waals surface area contributed by atoms with Crippen LogP contribution in [0.3, 0.4) is 0 Å². The molecule has 0 bridgehead atoms. The molecule has 0 spiro atoms. The second-order valence-electron chi connectivity index (χ2n) is 6.00. The van der Waals surface area contributed by atoms with Crippen LogP contribution >= 0.6 is 0 Å². The largest absolute Gasteiger partial charge is 0.488 e. The summed E-state index contributed by atoms with van der Waals surface area (Å²) in [6, 6.07) is 4.55. The Bertz CT molecular complexity index is 420. The lowest BCUT2D eigenvalue weighted by molar-refractivity contribution is -0.137. The maximum Gasteiger partial charge on any atom is 0.416 e. The fraction of sp³-hybridized carbons (Fsp3) is 0.600. The van der Waals surface area contributed by atoms with Crippen molar-refractivity contribution in [3.63, 3.8) is 0 Å². The molecule has 1 rings (SSSR count). The predicted octanol–water partition coefficient (Wildman–Crippen LogP) is 4.24. The Morgan fingerprint density at radius 3 is 1.95 bits per heavy atom. The fourth-order valence-electron chi connectivity index (χ4n) is 1.99. The van der Waals surface area contributed by atoms with E-state index in [9.17, 15) is 13.2 Å². The van der Waals surface area contributed by atoms with Gasteiger partial charge in [-0.15, -0.1) is 0 Å². The van der Waals surface area contributed by atoms with Gasteiger partial charge in [0.05, 0.1) is 5.56 Å². The second-order valence-corrected chi connectivity index (χ2v) is 6.00. The summed E-state index contributed by atoms with van der Waals surface area (Å²) in [6.45, 7) is 7.95. The Labute approximate surface area is 118 Å². The van der Waals surface area contributed by atoms with E-state index in [0.29, 0.717) is 5.75 Å². The first-order valence-corrected chi connectivity index (χ1v) is 6.65. The van der Waals surface area contributed by atoms with Crippen LogP contribution in [0.1, 0.15) is 39.7 Å². The molecule has 20 heavy (non-hydrogen) atoms. The van der Waals surface area contributed by atoms with E-state index in [4.69, 9.17) is 10.5 Å². The van der Waals surface area contributed by atoms with Crippen molar-refractivity contribution < 1.29 is 17.9 Å². The van der Waals surface area contributed by atoms with Crippen molar-refractivity contribution in [2.75, 3.05) is 0 Å². The van der Waals surface area contributed by atoms with Gasteiger partial charge in [-0.3, -0.25) is 0 Å². The molecule has 2 unspecified atom stereocenters. The predicted molar refractivity (Wildman–Crippen MR) is 73.6 cm³/mol. The Hall–Kier alpha value is -1.23. The molecule has 2 atom stereocenters. The van der Waals surface area contributed by atoms with E-state index in [1.54, 1.807) is 0 Å². The van der Waals surface area contributed by atoms with Crippen molar-refractivity contribution in [1.82, 2.24) is 0 Å². The molecule has 0 heterocycles. The monoisotopic (exact) mass is 289 g/mol. The summed E-state index contributed by atoms with van der Waals surface area (Å²) in [6.07, 6.45) is -3.85. The topological polar surface area (TPSA) is 35.2 Å².